The van der Waals surface area contributed by atoms with Crippen LogP contribution in [0.5, 0.6) is 0 Å². The fourth-order valence-electron chi connectivity index (χ4n) is 5.90. The molecule has 0 N–H and O–H groups in total. The van der Waals surface area contributed by atoms with Gasteiger partial charge in [0.25, 0.3) is 0 Å². The summed E-state index contributed by atoms with van der Waals surface area (Å²) in [6.45, 7) is 6.17. The molecule has 2 aliphatic heterocycles. The second-order valence-corrected chi connectivity index (χ2v) is 9.12. The van der Waals surface area contributed by atoms with Crippen molar-refractivity contribution in [2.45, 2.75) is 70.8 Å². The van der Waals surface area contributed by atoms with E-state index in [1.165, 1.54) is 59.1 Å². The van der Waals surface area contributed by atoms with Gasteiger partial charge in [0, 0.05) is 41.6 Å². The Hall–Kier alpha value is -2.27. The molecule has 2 bridgehead atoms. The number of halogens is 3. The van der Waals surface area contributed by atoms with Gasteiger partial charge in [-0.1, -0.05) is 36.8 Å². The molecule has 0 amide bonds. The number of aryl methyl sites for hydroxylation is 3. The monoisotopic (exact) mass is 426 g/mol. The molecule has 2 aromatic carbocycles. The highest BCUT2D eigenvalue weighted by Gasteiger charge is 2.39. The molecule has 2 nitrogen and oxygen atoms in total. The Kier molecular flexibility index (Phi) is 5.12. The summed E-state index contributed by atoms with van der Waals surface area (Å²) in [4.78, 5) is 2.67. The second kappa shape index (κ2) is 7.70. The fraction of sp³-hybridized carbons (Fsp3) is 0.462. The number of nitrogens with zero attached hydrogens (tertiary/aromatic N) is 2. The van der Waals surface area contributed by atoms with Crippen LogP contribution in [0.2, 0.25) is 0 Å². The van der Waals surface area contributed by atoms with Crippen LogP contribution in [0, 0.1) is 6.92 Å². The molecule has 5 rings (SSSR count). The van der Waals surface area contributed by atoms with Crippen LogP contribution in [0.15, 0.2) is 42.5 Å². The van der Waals surface area contributed by atoms with Gasteiger partial charge in [-0.2, -0.15) is 13.2 Å². The summed E-state index contributed by atoms with van der Waals surface area (Å²) in [5.74, 6) is 0. The van der Waals surface area contributed by atoms with Crippen molar-refractivity contribution in [3.63, 3.8) is 0 Å². The SMILES string of the molecule is CCN1C2CCCC1c1c(n(CCc3cccc(C(F)(F)F)c3)c3ccc(C)cc13)C2. The van der Waals surface area contributed by atoms with Gasteiger partial charge in [0.15, 0.2) is 0 Å². The number of fused-ring (bicyclic) bond motifs is 6. The molecule has 2 unspecified atom stereocenters. The number of piperidine rings is 1. The molecule has 2 aliphatic rings. The Morgan fingerprint density at radius 3 is 2.68 bits per heavy atom. The molecule has 5 heteroatoms. The summed E-state index contributed by atoms with van der Waals surface area (Å²) in [6.07, 6.45) is 1.04. The first-order chi connectivity index (χ1) is 14.9. The van der Waals surface area contributed by atoms with Crippen LogP contribution in [0.3, 0.4) is 0 Å². The maximum atomic E-state index is 13.1. The van der Waals surface area contributed by atoms with E-state index in [-0.39, 0.29) is 0 Å². The highest BCUT2D eigenvalue weighted by Crippen LogP contribution is 2.46. The Morgan fingerprint density at radius 1 is 1.06 bits per heavy atom. The average Bonchev–Trinajstić information content (AvgIpc) is 3.03. The van der Waals surface area contributed by atoms with Crippen molar-refractivity contribution in [2.75, 3.05) is 6.54 Å². The molecule has 0 aliphatic carbocycles. The van der Waals surface area contributed by atoms with Crippen LogP contribution in [0.1, 0.15) is 60.2 Å². The zero-order valence-corrected chi connectivity index (χ0v) is 18.2. The zero-order chi connectivity index (χ0) is 21.8. The van der Waals surface area contributed by atoms with E-state index in [1.807, 2.05) is 6.07 Å². The molecule has 1 saturated heterocycles. The molecule has 31 heavy (non-hydrogen) atoms. The number of hydrogen-bond acceptors (Lipinski definition) is 1. The standard InChI is InChI=1S/C26H29F3N2/c1-3-30-20-8-5-9-23(30)25-21-14-17(2)10-11-22(21)31(24(25)16-20)13-12-18-6-4-7-19(15-18)26(27,28)29/h4,6-7,10-11,14-15,20,23H,3,5,8-9,12-13,16H2,1-2H3. The first-order valence-electron chi connectivity index (χ1n) is 11.4. The van der Waals surface area contributed by atoms with Crippen LogP contribution >= 0.6 is 0 Å². The Bertz CT molecular complexity index is 1110. The molecule has 1 aromatic heterocycles. The highest BCUT2D eigenvalue weighted by molar-refractivity contribution is 5.87. The molecule has 3 aromatic rings. The summed E-state index contributed by atoms with van der Waals surface area (Å²) in [6, 6.07) is 13.5. The summed E-state index contributed by atoms with van der Waals surface area (Å²) in [7, 11) is 0. The smallest absolute Gasteiger partial charge is 0.344 e. The molecule has 0 spiro atoms. The number of rotatable bonds is 4. The van der Waals surface area contributed by atoms with Crippen molar-refractivity contribution in [3.8, 4) is 0 Å². The molecule has 2 atom stereocenters. The number of hydrogen-bond donors (Lipinski definition) is 0. The highest BCUT2D eigenvalue weighted by atomic mass is 19.4. The topological polar surface area (TPSA) is 8.17 Å². The lowest BCUT2D eigenvalue weighted by atomic mass is 9.82. The van der Waals surface area contributed by atoms with Gasteiger partial charge in [0.2, 0.25) is 0 Å². The van der Waals surface area contributed by atoms with Gasteiger partial charge in [-0.25, -0.2) is 0 Å². The molecular weight excluding hydrogens is 397 g/mol. The van der Waals surface area contributed by atoms with E-state index in [0.29, 0.717) is 25.0 Å². The third-order valence-corrected chi connectivity index (χ3v) is 7.26. The van der Waals surface area contributed by atoms with E-state index in [2.05, 4.69) is 41.5 Å². The summed E-state index contributed by atoms with van der Waals surface area (Å²) >= 11 is 0. The van der Waals surface area contributed by atoms with Crippen molar-refractivity contribution in [3.05, 3.63) is 70.4 Å². The van der Waals surface area contributed by atoms with Crippen LogP contribution in [0.25, 0.3) is 10.9 Å². The van der Waals surface area contributed by atoms with E-state index in [9.17, 15) is 13.2 Å². The predicted molar refractivity (Wildman–Crippen MR) is 118 cm³/mol. The first kappa shape index (κ1) is 20.6. The van der Waals surface area contributed by atoms with E-state index >= 15 is 0 Å². The van der Waals surface area contributed by atoms with E-state index in [4.69, 9.17) is 0 Å². The van der Waals surface area contributed by atoms with E-state index in [0.717, 1.165) is 24.6 Å². The number of benzene rings is 2. The Morgan fingerprint density at radius 2 is 1.90 bits per heavy atom. The quantitative estimate of drug-likeness (QED) is 0.452. The zero-order valence-electron chi connectivity index (χ0n) is 18.2. The lowest BCUT2D eigenvalue weighted by Crippen LogP contribution is -2.46. The maximum absolute atomic E-state index is 13.1. The van der Waals surface area contributed by atoms with Crippen LogP contribution in [-0.2, 0) is 25.6 Å². The molecule has 0 radical (unpaired) electrons. The lowest BCUT2D eigenvalue weighted by molar-refractivity contribution is -0.137. The normalized spacial score (nSPS) is 21.5. The Balaban J connectivity index is 1.55. The van der Waals surface area contributed by atoms with Crippen molar-refractivity contribution < 1.29 is 13.2 Å². The summed E-state index contributed by atoms with van der Waals surface area (Å²) < 4.78 is 41.8. The third kappa shape index (κ3) is 3.57. The molecule has 3 heterocycles. The molecule has 164 valence electrons. The Labute approximate surface area is 181 Å². The minimum atomic E-state index is -4.30. The van der Waals surface area contributed by atoms with Crippen LogP contribution < -0.4 is 0 Å². The minimum Gasteiger partial charge on any atom is -0.344 e. The van der Waals surface area contributed by atoms with E-state index in [1.54, 1.807) is 0 Å². The lowest BCUT2D eigenvalue weighted by Gasteiger charge is -2.46. The molecule has 1 fully saturated rings. The summed E-state index contributed by atoms with van der Waals surface area (Å²) in [5, 5.41) is 1.34. The van der Waals surface area contributed by atoms with Gasteiger partial charge in [0.1, 0.15) is 0 Å². The van der Waals surface area contributed by atoms with Crippen LogP contribution in [-0.4, -0.2) is 22.1 Å². The minimum absolute atomic E-state index is 0.464. The van der Waals surface area contributed by atoms with Crippen molar-refractivity contribution >= 4 is 10.9 Å². The predicted octanol–water partition coefficient (Wildman–Crippen LogP) is 6.68. The maximum Gasteiger partial charge on any atom is 0.416 e. The van der Waals surface area contributed by atoms with Gasteiger partial charge in [-0.3, -0.25) is 4.90 Å². The molecule has 0 saturated carbocycles. The number of alkyl halides is 3. The van der Waals surface area contributed by atoms with Gasteiger partial charge >= 0.3 is 6.18 Å². The first-order valence-corrected chi connectivity index (χ1v) is 11.4. The van der Waals surface area contributed by atoms with Gasteiger partial charge in [0.05, 0.1) is 5.56 Å². The van der Waals surface area contributed by atoms with Gasteiger partial charge < -0.3 is 4.57 Å². The van der Waals surface area contributed by atoms with E-state index < -0.39 is 11.7 Å². The van der Waals surface area contributed by atoms with Crippen molar-refractivity contribution in [1.29, 1.82) is 0 Å². The number of aromatic nitrogens is 1. The largest absolute Gasteiger partial charge is 0.416 e. The van der Waals surface area contributed by atoms with Gasteiger partial charge in [-0.15, -0.1) is 0 Å². The van der Waals surface area contributed by atoms with Crippen molar-refractivity contribution in [1.82, 2.24) is 9.47 Å². The third-order valence-electron chi connectivity index (χ3n) is 7.26. The second-order valence-electron chi connectivity index (χ2n) is 9.12. The molecular formula is C26H29F3N2. The fourth-order valence-corrected chi connectivity index (χ4v) is 5.90. The van der Waals surface area contributed by atoms with Crippen molar-refractivity contribution in [2.24, 2.45) is 0 Å². The van der Waals surface area contributed by atoms with Crippen LogP contribution in [0.4, 0.5) is 13.2 Å². The summed E-state index contributed by atoms with van der Waals surface area (Å²) in [5.41, 5.74) is 5.54. The average molecular weight is 427 g/mol. The van der Waals surface area contributed by atoms with Gasteiger partial charge in [-0.05, 0) is 68.5 Å². The number of likely N-dealkylation sites (N-methyl/N-ethyl adjacent to an activating group) is 1.